The molecule has 1 aliphatic carbocycles. The van der Waals surface area contributed by atoms with E-state index in [-0.39, 0.29) is 31.9 Å². The van der Waals surface area contributed by atoms with Crippen molar-refractivity contribution < 1.29 is 24.1 Å². The molecule has 0 spiro atoms. The second kappa shape index (κ2) is 10.4. The number of para-hydroxylation sites is 1. The number of aliphatic carboxylic acids is 1. The summed E-state index contributed by atoms with van der Waals surface area (Å²) in [4.78, 5) is 16.7. The standard InChI is InChI=1S/C28H24Cl3FN4O4/c29-20-2-1-3-21(30)25(20)36-24(18(11-34-36)15-4-5-15)12-40-17-6-7-19(22(31)9-17)28(39)13-35(14-28)26-23(32)8-16(10-33-26)27(37)38/h1-3,6-7,9-11,15-16,39H,4-5,8,12-14H2,(H,37,38). The lowest BCUT2D eigenvalue weighted by molar-refractivity contribution is -0.139. The number of carbonyl (C=O) groups is 1. The predicted molar refractivity (Wildman–Crippen MR) is 149 cm³/mol. The van der Waals surface area contributed by atoms with Crippen LogP contribution in [0.15, 0.2) is 59.2 Å². The van der Waals surface area contributed by atoms with Crippen molar-refractivity contribution in [1.29, 1.82) is 0 Å². The average Bonchev–Trinajstić information content (AvgIpc) is 3.66. The van der Waals surface area contributed by atoms with Gasteiger partial charge in [0.1, 0.15) is 29.5 Å². The number of ether oxygens (including phenoxy) is 1. The zero-order chi connectivity index (χ0) is 28.2. The van der Waals surface area contributed by atoms with Crippen LogP contribution >= 0.6 is 34.8 Å². The molecule has 0 amide bonds. The topological polar surface area (TPSA) is 100 Å². The quantitative estimate of drug-likeness (QED) is 0.322. The van der Waals surface area contributed by atoms with Gasteiger partial charge in [-0.1, -0.05) is 46.9 Å². The highest BCUT2D eigenvalue weighted by Crippen LogP contribution is 2.44. The monoisotopic (exact) mass is 604 g/mol. The molecule has 1 unspecified atom stereocenters. The molecule has 3 heterocycles. The van der Waals surface area contributed by atoms with E-state index in [0.29, 0.717) is 38.0 Å². The van der Waals surface area contributed by atoms with Crippen LogP contribution in [-0.4, -0.2) is 50.2 Å². The van der Waals surface area contributed by atoms with E-state index in [1.54, 1.807) is 46.0 Å². The van der Waals surface area contributed by atoms with E-state index in [1.165, 1.54) is 6.21 Å². The number of halogens is 4. The molecule has 2 aromatic carbocycles. The van der Waals surface area contributed by atoms with E-state index >= 15 is 0 Å². The second-order valence-electron chi connectivity index (χ2n) is 10.3. The van der Waals surface area contributed by atoms with Gasteiger partial charge in [0, 0.05) is 23.8 Å². The molecule has 0 bridgehead atoms. The zero-order valence-electron chi connectivity index (χ0n) is 21.0. The summed E-state index contributed by atoms with van der Waals surface area (Å²) >= 11 is 19.5. The van der Waals surface area contributed by atoms with Crippen LogP contribution in [0.25, 0.3) is 5.69 Å². The molecule has 208 valence electrons. The molecular formula is C28H24Cl3FN4O4. The Labute approximate surface area is 244 Å². The van der Waals surface area contributed by atoms with E-state index in [9.17, 15) is 14.3 Å². The average molecular weight is 606 g/mol. The van der Waals surface area contributed by atoms with Crippen molar-refractivity contribution in [3.63, 3.8) is 0 Å². The van der Waals surface area contributed by atoms with Gasteiger partial charge in [-0.3, -0.25) is 4.79 Å². The number of allylic oxidation sites excluding steroid dienone is 1. The van der Waals surface area contributed by atoms with Crippen molar-refractivity contribution in [1.82, 2.24) is 14.7 Å². The maximum atomic E-state index is 14.5. The SMILES string of the molecule is O=C(O)C1C=NC(N2CC(O)(c3ccc(OCc4c(C5CC5)cnn4-c4c(Cl)cccc4Cl)cc3Cl)C2)=C(F)C1. The number of likely N-dealkylation sites (tertiary alicyclic amines) is 1. The van der Waals surface area contributed by atoms with Gasteiger partial charge in [-0.05, 0) is 43.0 Å². The number of aliphatic hydroxyl groups is 1. The maximum absolute atomic E-state index is 14.5. The Bertz CT molecular complexity index is 1540. The third-order valence-electron chi connectivity index (χ3n) is 7.43. The van der Waals surface area contributed by atoms with E-state index in [0.717, 1.165) is 24.1 Å². The molecule has 8 nitrogen and oxygen atoms in total. The number of carboxylic acid groups (broad SMARTS) is 1. The van der Waals surface area contributed by atoms with Crippen LogP contribution in [0.1, 0.15) is 42.0 Å². The van der Waals surface area contributed by atoms with Crippen LogP contribution in [0, 0.1) is 5.92 Å². The lowest BCUT2D eigenvalue weighted by Crippen LogP contribution is -2.58. The Morgan fingerprint density at radius 1 is 1.12 bits per heavy atom. The number of aliphatic imine (C=N–C) groups is 1. The largest absolute Gasteiger partial charge is 0.487 e. The molecule has 3 aromatic rings. The summed E-state index contributed by atoms with van der Waals surface area (Å²) in [6.45, 7) is 0.324. The smallest absolute Gasteiger partial charge is 0.312 e. The van der Waals surface area contributed by atoms with Gasteiger partial charge >= 0.3 is 5.97 Å². The third kappa shape index (κ3) is 4.96. The Kier molecular flexibility index (Phi) is 7.02. The summed E-state index contributed by atoms with van der Waals surface area (Å²) in [5.74, 6) is -1.79. The molecule has 0 radical (unpaired) electrons. The van der Waals surface area contributed by atoms with Crippen molar-refractivity contribution in [2.24, 2.45) is 10.9 Å². The summed E-state index contributed by atoms with van der Waals surface area (Å²) in [5, 5.41) is 26.1. The first-order chi connectivity index (χ1) is 19.1. The first-order valence-corrected chi connectivity index (χ1v) is 13.8. The minimum Gasteiger partial charge on any atom is -0.487 e. The van der Waals surface area contributed by atoms with Gasteiger partial charge in [0.15, 0.2) is 5.82 Å². The molecule has 6 rings (SSSR count). The van der Waals surface area contributed by atoms with Crippen molar-refractivity contribution in [2.45, 2.75) is 37.4 Å². The number of aromatic nitrogens is 2. The molecule has 12 heteroatoms. The number of rotatable bonds is 8. The van der Waals surface area contributed by atoms with Crippen LogP contribution in [0.3, 0.4) is 0 Å². The fraction of sp³-hybridized carbons (Fsp3) is 0.321. The number of hydrogen-bond donors (Lipinski definition) is 2. The molecule has 2 N–H and O–H groups in total. The fourth-order valence-electron chi connectivity index (χ4n) is 5.14. The van der Waals surface area contributed by atoms with Crippen molar-refractivity contribution in [2.75, 3.05) is 13.1 Å². The van der Waals surface area contributed by atoms with Gasteiger partial charge in [-0.25, -0.2) is 14.1 Å². The van der Waals surface area contributed by atoms with Gasteiger partial charge in [-0.2, -0.15) is 5.10 Å². The van der Waals surface area contributed by atoms with Gasteiger partial charge in [-0.15, -0.1) is 0 Å². The zero-order valence-corrected chi connectivity index (χ0v) is 23.3. The number of benzene rings is 2. The number of hydrogen-bond acceptors (Lipinski definition) is 6. The number of carboxylic acids is 1. The highest BCUT2D eigenvalue weighted by Gasteiger charge is 2.46. The van der Waals surface area contributed by atoms with E-state index in [4.69, 9.17) is 44.6 Å². The summed E-state index contributed by atoms with van der Waals surface area (Å²) in [6.07, 6.45) is 4.95. The molecule has 1 aromatic heterocycles. The van der Waals surface area contributed by atoms with Gasteiger partial charge in [0.2, 0.25) is 0 Å². The first kappa shape index (κ1) is 27.1. The molecule has 2 aliphatic heterocycles. The Morgan fingerprint density at radius 3 is 2.48 bits per heavy atom. The summed E-state index contributed by atoms with van der Waals surface area (Å²) in [6, 6.07) is 10.3. The molecule has 40 heavy (non-hydrogen) atoms. The van der Waals surface area contributed by atoms with Crippen LogP contribution in [0.5, 0.6) is 5.75 Å². The normalized spacial score (nSPS) is 20.0. The van der Waals surface area contributed by atoms with Gasteiger partial charge in [0.25, 0.3) is 0 Å². The Balaban J connectivity index is 1.17. The van der Waals surface area contributed by atoms with Crippen molar-refractivity contribution in [3.8, 4) is 11.4 Å². The second-order valence-corrected chi connectivity index (χ2v) is 11.5. The van der Waals surface area contributed by atoms with Crippen molar-refractivity contribution in [3.05, 3.63) is 86.1 Å². The lowest BCUT2D eigenvalue weighted by Gasteiger charge is -2.48. The van der Waals surface area contributed by atoms with Crippen LogP contribution < -0.4 is 4.74 Å². The molecule has 1 saturated carbocycles. The highest BCUT2D eigenvalue weighted by molar-refractivity contribution is 6.37. The molecule has 3 aliphatic rings. The minimum absolute atomic E-state index is 0.0416. The van der Waals surface area contributed by atoms with Crippen LogP contribution in [0.4, 0.5) is 4.39 Å². The van der Waals surface area contributed by atoms with E-state index in [2.05, 4.69) is 10.1 Å². The Morgan fingerprint density at radius 2 is 1.85 bits per heavy atom. The van der Waals surface area contributed by atoms with Crippen LogP contribution in [-0.2, 0) is 17.0 Å². The maximum Gasteiger partial charge on any atom is 0.312 e. The van der Waals surface area contributed by atoms with Crippen LogP contribution in [0.2, 0.25) is 15.1 Å². The minimum atomic E-state index is -1.32. The molecule has 1 atom stereocenters. The highest BCUT2D eigenvalue weighted by atomic mass is 35.5. The third-order valence-corrected chi connectivity index (χ3v) is 8.35. The van der Waals surface area contributed by atoms with E-state index < -0.39 is 23.3 Å². The number of β-amino-alcohol motifs (C(OH)–C–C–N with tert-alkyl or cyclic N) is 1. The lowest BCUT2D eigenvalue weighted by atomic mass is 9.85. The van der Waals surface area contributed by atoms with Crippen molar-refractivity contribution >= 4 is 47.0 Å². The molecular weight excluding hydrogens is 582 g/mol. The summed E-state index contributed by atoms with van der Waals surface area (Å²) in [7, 11) is 0. The summed E-state index contributed by atoms with van der Waals surface area (Å²) in [5.41, 5.74) is 1.69. The molecule has 1 saturated heterocycles. The first-order valence-electron chi connectivity index (χ1n) is 12.7. The number of nitrogens with zero attached hydrogens (tertiary/aromatic N) is 4. The Hall–Kier alpha value is -3.11. The molecule has 2 fully saturated rings. The van der Waals surface area contributed by atoms with E-state index in [1.807, 2.05) is 6.20 Å². The summed E-state index contributed by atoms with van der Waals surface area (Å²) < 4.78 is 22.3. The predicted octanol–water partition coefficient (Wildman–Crippen LogP) is 6.11. The van der Waals surface area contributed by atoms with Gasteiger partial charge < -0.3 is 19.8 Å². The fourth-order valence-corrected chi connectivity index (χ4v) is 6.05. The van der Waals surface area contributed by atoms with Gasteiger partial charge in [0.05, 0.1) is 46.0 Å².